The van der Waals surface area contributed by atoms with Crippen LogP contribution in [0, 0.1) is 12.8 Å². The molecule has 1 heterocycles. The minimum atomic E-state index is -0.146. The molecular weight excluding hydrogens is 302 g/mol. The fraction of sp³-hybridized carbons (Fsp3) is 0.579. The summed E-state index contributed by atoms with van der Waals surface area (Å²) in [7, 11) is 0. The van der Waals surface area contributed by atoms with Gasteiger partial charge >= 0.3 is 6.03 Å². The maximum absolute atomic E-state index is 12.0. The third-order valence-electron chi connectivity index (χ3n) is 4.96. The molecule has 3 amide bonds. The van der Waals surface area contributed by atoms with Crippen LogP contribution in [0.5, 0.6) is 0 Å². The van der Waals surface area contributed by atoms with Gasteiger partial charge in [-0.2, -0.15) is 0 Å². The number of amides is 3. The first kappa shape index (κ1) is 16.8. The number of carbonyl (C=O) groups is 2. The van der Waals surface area contributed by atoms with Gasteiger partial charge in [-0.1, -0.05) is 36.8 Å². The van der Waals surface area contributed by atoms with Crippen LogP contribution in [0.25, 0.3) is 0 Å². The standard InChI is InChI=1S/C19H27N3O2/c1-13-4-3-5-16(8-13)14(2)10-20-19(24)21-11-15-9-18(23)22(12-15)17-6-7-17/h3-5,8,14-15,17H,6-7,9-12H2,1-2H3,(H2,20,21,24)/t14-,15+/m1/s1. The Morgan fingerprint density at radius 3 is 2.83 bits per heavy atom. The Bertz CT molecular complexity index is 612. The van der Waals surface area contributed by atoms with Crippen molar-refractivity contribution in [1.29, 1.82) is 0 Å². The molecule has 130 valence electrons. The van der Waals surface area contributed by atoms with Gasteiger partial charge in [0.1, 0.15) is 0 Å². The Morgan fingerprint density at radius 1 is 1.33 bits per heavy atom. The lowest BCUT2D eigenvalue weighted by molar-refractivity contribution is -0.128. The second kappa shape index (κ2) is 7.24. The first-order valence-electron chi connectivity index (χ1n) is 8.90. The lowest BCUT2D eigenvalue weighted by Gasteiger charge is -2.17. The summed E-state index contributed by atoms with van der Waals surface area (Å²) in [5.41, 5.74) is 2.46. The monoisotopic (exact) mass is 329 g/mol. The molecule has 2 atom stereocenters. The van der Waals surface area contributed by atoms with Crippen molar-refractivity contribution in [3.05, 3.63) is 35.4 Å². The molecule has 2 fully saturated rings. The highest BCUT2D eigenvalue weighted by Gasteiger charge is 2.39. The van der Waals surface area contributed by atoms with Crippen LogP contribution in [0.15, 0.2) is 24.3 Å². The van der Waals surface area contributed by atoms with Gasteiger partial charge in [-0.05, 0) is 31.2 Å². The van der Waals surface area contributed by atoms with Crippen molar-refractivity contribution in [3.63, 3.8) is 0 Å². The largest absolute Gasteiger partial charge is 0.339 e. The number of nitrogens with zero attached hydrogens (tertiary/aromatic N) is 1. The van der Waals surface area contributed by atoms with Gasteiger partial charge in [0.05, 0.1) is 0 Å². The van der Waals surface area contributed by atoms with Crippen molar-refractivity contribution in [2.24, 2.45) is 5.92 Å². The van der Waals surface area contributed by atoms with E-state index in [1.54, 1.807) is 0 Å². The molecule has 1 aliphatic heterocycles. The van der Waals surface area contributed by atoms with Crippen LogP contribution in [0.3, 0.4) is 0 Å². The number of benzene rings is 1. The Morgan fingerprint density at radius 2 is 2.12 bits per heavy atom. The molecule has 1 saturated heterocycles. The number of rotatable bonds is 6. The van der Waals surface area contributed by atoms with Crippen molar-refractivity contribution < 1.29 is 9.59 Å². The van der Waals surface area contributed by atoms with Gasteiger partial charge < -0.3 is 15.5 Å². The molecule has 0 radical (unpaired) electrons. The number of likely N-dealkylation sites (tertiary alicyclic amines) is 1. The second-order valence-corrected chi connectivity index (χ2v) is 7.25. The van der Waals surface area contributed by atoms with Crippen LogP contribution in [0.2, 0.25) is 0 Å². The third kappa shape index (κ3) is 4.28. The highest BCUT2D eigenvalue weighted by atomic mass is 16.2. The predicted octanol–water partition coefficient (Wildman–Crippen LogP) is 2.41. The predicted molar refractivity (Wildman–Crippen MR) is 93.8 cm³/mol. The van der Waals surface area contributed by atoms with E-state index in [4.69, 9.17) is 0 Å². The summed E-state index contributed by atoms with van der Waals surface area (Å²) < 4.78 is 0. The summed E-state index contributed by atoms with van der Waals surface area (Å²) in [4.78, 5) is 25.9. The first-order chi connectivity index (χ1) is 11.5. The van der Waals surface area contributed by atoms with E-state index < -0.39 is 0 Å². The van der Waals surface area contributed by atoms with Crippen molar-refractivity contribution in [2.45, 2.75) is 45.1 Å². The van der Waals surface area contributed by atoms with E-state index in [0.717, 1.165) is 19.4 Å². The highest BCUT2D eigenvalue weighted by Crippen LogP contribution is 2.32. The van der Waals surface area contributed by atoms with Crippen LogP contribution in [-0.2, 0) is 4.79 Å². The smallest absolute Gasteiger partial charge is 0.314 e. The number of aryl methyl sites for hydroxylation is 1. The summed E-state index contributed by atoms with van der Waals surface area (Å²) >= 11 is 0. The van der Waals surface area contributed by atoms with Crippen LogP contribution in [0.1, 0.15) is 43.2 Å². The molecule has 1 saturated carbocycles. The molecule has 1 aromatic carbocycles. The summed E-state index contributed by atoms with van der Waals surface area (Å²) in [6.45, 7) is 6.15. The zero-order chi connectivity index (χ0) is 17.1. The lowest BCUT2D eigenvalue weighted by Crippen LogP contribution is -2.40. The number of nitrogens with one attached hydrogen (secondary N) is 2. The molecule has 5 heteroatoms. The van der Waals surface area contributed by atoms with Gasteiger partial charge in [0, 0.05) is 38.0 Å². The minimum absolute atomic E-state index is 0.146. The van der Waals surface area contributed by atoms with Gasteiger partial charge in [-0.25, -0.2) is 4.79 Å². The van der Waals surface area contributed by atoms with Gasteiger partial charge in [0.2, 0.25) is 5.91 Å². The zero-order valence-corrected chi connectivity index (χ0v) is 14.5. The van der Waals surface area contributed by atoms with Crippen molar-refractivity contribution >= 4 is 11.9 Å². The van der Waals surface area contributed by atoms with E-state index in [9.17, 15) is 9.59 Å². The maximum atomic E-state index is 12.0. The summed E-state index contributed by atoms with van der Waals surface area (Å²) in [5, 5.41) is 5.85. The van der Waals surface area contributed by atoms with Gasteiger partial charge in [-0.3, -0.25) is 4.79 Å². The van der Waals surface area contributed by atoms with Gasteiger partial charge in [0.25, 0.3) is 0 Å². The molecular formula is C19H27N3O2. The number of hydrogen-bond donors (Lipinski definition) is 2. The van der Waals surface area contributed by atoms with E-state index >= 15 is 0 Å². The Labute approximate surface area is 143 Å². The maximum Gasteiger partial charge on any atom is 0.314 e. The van der Waals surface area contributed by atoms with Crippen LogP contribution < -0.4 is 10.6 Å². The van der Waals surface area contributed by atoms with E-state index in [0.29, 0.717) is 25.6 Å². The summed E-state index contributed by atoms with van der Waals surface area (Å²) in [6, 6.07) is 8.70. The Hall–Kier alpha value is -2.04. The molecule has 5 nitrogen and oxygen atoms in total. The molecule has 2 N–H and O–H groups in total. The molecule has 0 unspecified atom stereocenters. The molecule has 2 aliphatic rings. The van der Waals surface area contributed by atoms with E-state index in [1.165, 1.54) is 11.1 Å². The van der Waals surface area contributed by atoms with Crippen LogP contribution in [-0.4, -0.2) is 42.5 Å². The van der Waals surface area contributed by atoms with E-state index in [2.05, 4.69) is 42.7 Å². The summed E-state index contributed by atoms with van der Waals surface area (Å²) in [5.74, 6) is 0.768. The van der Waals surface area contributed by atoms with Gasteiger partial charge in [-0.15, -0.1) is 0 Å². The minimum Gasteiger partial charge on any atom is -0.339 e. The molecule has 3 rings (SSSR count). The van der Waals surface area contributed by atoms with Gasteiger partial charge in [0.15, 0.2) is 0 Å². The van der Waals surface area contributed by atoms with Crippen molar-refractivity contribution in [2.75, 3.05) is 19.6 Å². The second-order valence-electron chi connectivity index (χ2n) is 7.25. The SMILES string of the molecule is Cc1cccc([C@H](C)CNC(=O)NC[C@@H]2CC(=O)N(C3CC3)C2)c1. The molecule has 1 aliphatic carbocycles. The fourth-order valence-electron chi connectivity index (χ4n) is 3.32. The molecule has 0 bridgehead atoms. The topological polar surface area (TPSA) is 61.4 Å². The summed E-state index contributed by atoms with van der Waals surface area (Å²) in [6.07, 6.45) is 2.85. The van der Waals surface area contributed by atoms with E-state index in [1.807, 2.05) is 11.0 Å². The normalized spacial score (nSPS) is 21.7. The Balaban J connectivity index is 1.37. The fourth-order valence-corrected chi connectivity index (χ4v) is 3.32. The molecule has 24 heavy (non-hydrogen) atoms. The van der Waals surface area contributed by atoms with E-state index in [-0.39, 0.29) is 23.8 Å². The molecule has 0 spiro atoms. The zero-order valence-electron chi connectivity index (χ0n) is 14.5. The van der Waals surface area contributed by atoms with Crippen LogP contribution in [0.4, 0.5) is 4.79 Å². The molecule has 1 aromatic rings. The number of urea groups is 1. The molecule has 0 aromatic heterocycles. The van der Waals surface area contributed by atoms with Crippen LogP contribution >= 0.6 is 0 Å². The highest BCUT2D eigenvalue weighted by molar-refractivity contribution is 5.79. The quantitative estimate of drug-likeness (QED) is 0.842. The third-order valence-corrected chi connectivity index (χ3v) is 4.96. The lowest BCUT2D eigenvalue weighted by atomic mass is 9.99. The average molecular weight is 329 g/mol. The number of carbonyl (C=O) groups excluding carboxylic acids is 2. The Kier molecular flexibility index (Phi) is 5.07. The van der Waals surface area contributed by atoms with Crippen molar-refractivity contribution in [3.8, 4) is 0 Å². The number of hydrogen-bond acceptors (Lipinski definition) is 2. The first-order valence-corrected chi connectivity index (χ1v) is 8.90. The van der Waals surface area contributed by atoms with Crippen molar-refractivity contribution in [1.82, 2.24) is 15.5 Å². The average Bonchev–Trinajstić information content (AvgIpc) is 3.33.